The second-order valence-electron chi connectivity index (χ2n) is 5.74. The molecule has 1 aliphatic rings. The van der Waals surface area contributed by atoms with Gasteiger partial charge in [-0.15, -0.1) is 0 Å². The average Bonchev–Trinajstić information content (AvgIpc) is 3.03. The zero-order valence-corrected chi connectivity index (χ0v) is 14.9. The van der Waals surface area contributed by atoms with E-state index in [-0.39, 0.29) is 5.91 Å². The number of H-pyrrole nitrogens is 1. The summed E-state index contributed by atoms with van der Waals surface area (Å²) >= 11 is 12.0. The largest absolute Gasteiger partial charge is 0.336 e. The van der Waals surface area contributed by atoms with E-state index in [1.54, 1.807) is 18.2 Å². The quantitative estimate of drug-likeness (QED) is 0.901. The number of hydrogen-bond acceptors (Lipinski definition) is 4. The third-order valence-electron chi connectivity index (χ3n) is 4.09. The van der Waals surface area contributed by atoms with Crippen LogP contribution < -0.4 is 0 Å². The van der Waals surface area contributed by atoms with E-state index in [4.69, 9.17) is 23.2 Å². The maximum Gasteiger partial charge on any atom is 0.255 e. The minimum atomic E-state index is -0.0516. The Labute approximate surface area is 150 Å². The first-order chi connectivity index (χ1) is 11.6. The summed E-state index contributed by atoms with van der Waals surface area (Å²) in [6, 6.07) is 4.97. The van der Waals surface area contributed by atoms with Crippen molar-refractivity contribution in [2.24, 2.45) is 0 Å². The van der Waals surface area contributed by atoms with Crippen molar-refractivity contribution in [1.29, 1.82) is 0 Å². The normalized spacial score (nSPS) is 15.7. The molecule has 1 fully saturated rings. The molecular weight excluding hydrogens is 349 g/mol. The van der Waals surface area contributed by atoms with Crippen LogP contribution in [0.15, 0.2) is 18.2 Å². The zero-order chi connectivity index (χ0) is 17.1. The van der Waals surface area contributed by atoms with Crippen molar-refractivity contribution in [3.8, 4) is 0 Å². The summed E-state index contributed by atoms with van der Waals surface area (Å²) < 4.78 is 0. The molecule has 1 aliphatic heterocycles. The van der Waals surface area contributed by atoms with Gasteiger partial charge in [0.25, 0.3) is 5.91 Å². The van der Waals surface area contributed by atoms with Gasteiger partial charge in [0.2, 0.25) is 0 Å². The summed E-state index contributed by atoms with van der Waals surface area (Å²) in [5.74, 6) is 1.65. The van der Waals surface area contributed by atoms with Crippen molar-refractivity contribution in [1.82, 2.24) is 25.0 Å². The molecule has 2 heterocycles. The Morgan fingerprint density at radius 1 is 1.25 bits per heavy atom. The fraction of sp³-hybridized carbons (Fsp3) is 0.438. The molecule has 0 radical (unpaired) electrons. The number of carbonyl (C=O) groups is 1. The van der Waals surface area contributed by atoms with Gasteiger partial charge < -0.3 is 4.90 Å². The molecular formula is C16H19Cl2N5O. The van der Waals surface area contributed by atoms with Gasteiger partial charge in [-0.05, 0) is 18.2 Å². The van der Waals surface area contributed by atoms with Crippen LogP contribution in [0.5, 0.6) is 0 Å². The highest BCUT2D eigenvalue weighted by Gasteiger charge is 2.24. The topological polar surface area (TPSA) is 65.1 Å². The van der Waals surface area contributed by atoms with E-state index in [0.717, 1.165) is 37.7 Å². The fourth-order valence-corrected chi connectivity index (χ4v) is 3.21. The lowest BCUT2D eigenvalue weighted by molar-refractivity contribution is 0.0625. The molecule has 24 heavy (non-hydrogen) atoms. The van der Waals surface area contributed by atoms with Crippen molar-refractivity contribution in [2.45, 2.75) is 19.9 Å². The SMILES string of the molecule is CCc1n[nH]c(CN2CCN(C(=O)c3ccc(Cl)cc3Cl)CC2)n1. The lowest BCUT2D eigenvalue weighted by atomic mass is 10.2. The van der Waals surface area contributed by atoms with Crippen molar-refractivity contribution in [3.05, 3.63) is 45.5 Å². The van der Waals surface area contributed by atoms with E-state index in [9.17, 15) is 4.79 Å². The van der Waals surface area contributed by atoms with Crippen molar-refractivity contribution < 1.29 is 4.79 Å². The Hall–Kier alpha value is -1.63. The standard InChI is InChI=1S/C16H19Cl2N5O/c1-2-14-19-15(21-20-14)10-22-5-7-23(8-6-22)16(24)12-4-3-11(17)9-13(12)18/h3-4,9H,2,5-8,10H2,1H3,(H,19,20,21). The highest BCUT2D eigenvalue weighted by atomic mass is 35.5. The molecule has 0 saturated carbocycles. The van der Waals surface area contributed by atoms with Crippen LogP contribution in [-0.4, -0.2) is 57.1 Å². The highest BCUT2D eigenvalue weighted by Crippen LogP contribution is 2.23. The molecule has 1 aromatic carbocycles. The molecule has 0 spiro atoms. The Kier molecular flexibility index (Phi) is 5.38. The Morgan fingerprint density at radius 3 is 2.62 bits per heavy atom. The van der Waals surface area contributed by atoms with Gasteiger partial charge in [-0.2, -0.15) is 5.10 Å². The maximum atomic E-state index is 12.6. The molecule has 0 aliphatic carbocycles. The number of piperazine rings is 1. The molecule has 1 aromatic heterocycles. The summed E-state index contributed by atoms with van der Waals surface area (Å²) in [5.41, 5.74) is 0.498. The Balaban J connectivity index is 1.57. The maximum absolute atomic E-state index is 12.6. The highest BCUT2D eigenvalue weighted by molar-refractivity contribution is 6.36. The number of aryl methyl sites for hydroxylation is 1. The fourth-order valence-electron chi connectivity index (χ4n) is 2.72. The molecule has 1 amide bonds. The molecule has 128 valence electrons. The molecule has 0 unspecified atom stereocenters. The Morgan fingerprint density at radius 2 is 2.00 bits per heavy atom. The van der Waals surface area contributed by atoms with Gasteiger partial charge in [-0.25, -0.2) is 4.98 Å². The third-order valence-corrected chi connectivity index (χ3v) is 4.64. The van der Waals surface area contributed by atoms with Gasteiger partial charge in [0.1, 0.15) is 11.6 Å². The molecule has 2 aromatic rings. The van der Waals surface area contributed by atoms with Gasteiger partial charge in [-0.1, -0.05) is 30.1 Å². The smallest absolute Gasteiger partial charge is 0.255 e. The van der Waals surface area contributed by atoms with E-state index in [1.807, 2.05) is 11.8 Å². The molecule has 6 nitrogen and oxygen atoms in total. The van der Waals surface area contributed by atoms with Crippen LogP contribution in [0.25, 0.3) is 0 Å². The number of aromatic amines is 1. The number of benzene rings is 1. The predicted octanol–water partition coefficient (Wildman–Crippen LogP) is 2.63. The first-order valence-electron chi connectivity index (χ1n) is 7.93. The van der Waals surface area contributed by atoms with E-state index in [0.29, 0.717) is 28.7 Å². The number of nitrogens with one attached hydrogen (secondary N) is 1. The molecule has 1 N–H and O–H groups in total. The van der Waals surface area contributed by atoms with Crippen molar-refractivity contribution in [2.75, 3.05) is 26.2 Å². The van der Waals surface area contributed by atoms with Crippen LogP contribution >= 0.6 is 23.2 Å². The number of halogens is 2. The second-order valence-corrected chi connectivity index (χ2v) is 6.59. The number of carbonyl (C=O) groups excluding carboxylic acids is 1. The van der Waals surface area contributed by atoms with Gasteiger partial charge in [0, 0.05) is 37.6 Å². The first-order valence-corrected chi connectivity index (χ1v) is 8.69. The third kappa shape index (κ3) is 3.88. The zero-order valence-electron chi connectivity index (χ0n) is 13.4. The molecule has 1 saturated heterocycles. The van der Waals surface area contributed by atoms with Crippen LogP contribution in [-0.2, 0) is 13.0 Å². The molecule has 3 rings (SSSR count). The summed E-state index contributed by atoms with van der Waals surface area (Å²) in [6.45, 7) is 5.65. The minimum Gasteiger partial charge on any atom is -0.336 e. The lowest BCUT2D eigenvalue weighted by Gasteiger charge is -2.34. The molecule has 0 bridgehead atoms. The van der Waals surface area contributed by atoms with Crippen LogP contribution in [0, 0.1) is 0 Å². The molecule has 0 atom stereocenters. The number of hydrogen-bond donors (Lipinski definition) is 1. The summed E-state index contributed by atoms with van der Waals surface area (Å²) in [4.78, 5) is 21.1. The van der Waals surface area contributed by atoms with E-state index in [1.165, 1.54) is 0 Å². The summed E-state index contributed by atoms with van der Waals surface area (Å²) in [6.07, 6.45) is 0.820. The Bertz CT molecular complexity index is 725. The summed E-state index contributed by atoms with van der Waals surface area (Å²) in [5, 5.41) is 8.03. The van der Waals surface area contributed by atoms with Gasteiger partial charge in [-0.3, -0.25) is 14.8 Å². The average molecular weight is 368 g/mol. The monoisotopic (exact) mass is 367 g/mol. The van der Waals surface area contributed by atoms with Crippen molar-refractivity contribution >= 4 is 29.1 Å². The van der Waals surface area contributed by atoms with Gasteiger partial charge >= 0.3 is 0 Å². The van der Waals surface area contributed by atoms with Crippen LogP contribution in [0.4, 0.5) is 0 Å². The minimum absolute atomic E-state index is 0.0516. The van der Waals surface area contributed by atoms with Gasteiger partial charge in [0.05, 0.1) is 17.1 Å². The second kappa shape index (κ2) is 7.51. The van der Waals surface area contributed by atoms with E-state index in [2.05, 4.69) is 20.1 Å². The van der Waals surface area contributed by atoms with Crippen molar-refractivity contribution in [3.63, 3.8) is 0 Å². The lowest BCUT2D eigenvalue weighted by Crippen LogP contribution is -2.48. The van der Waals surface area contributed by atoms with Crippen LogP contribution in [0.3, 0.4) is 0 Å². The molecule has 8 heteroatoms. The number of nitrogens with zero attached hydrogens (tertiary/aromatic N) is 4. The number of aromatic nitrogens is 3. The summed E-state index contributed by atoms with van der Waals surface area (Å²) in [7, 11) is 0. The van der Waals surface area contributed by atoms with Crippen LogP contribution in [0.1, 0.15) is 28.9 Å². The van der Waals surface area contributed by atoms with Gasteiger partial charge in [0.15, 0.2) is 0 Å². The first kappa shape index (κ1) is 17.2. The predicted molar refractivity (Wildman–Crippen MR) is 93.4 cm³/mol. The number of rotatable bonds is 4. The van der Waals surface area contributed by atoms with Crippen LogP contribution in [0.2, 0.25) is 10.0 Å². The van der Waals surface area contributed by atoms with E-state index >= 15 is 0 Å². The number of amides is 1. The van der Waals surface area contributed by atoms with E-state index < -0.39 is 0 Å².